The molecule has 1 aliphatic heterocycles. The van der Waals surface area contributed by atoms with Gasteiger partial charge in [-0.3, -0.25) is 4.98 Å². The van der Waals surface area contributed by atoms with Crippen LogP contribution in [0.4, 0.5) is 0 Å². The highest BCUT2D eigenvalue weighted by Crippen LogP contribution is 2.30. The van der Waals surface area contributed by atoms with Crippen molar-refractivity contribution >= 4 is 11.8 Å². The molecule has 1 aromatic heterocycles. The molecule has 32 heavy (non-hydrogen) atoms. The second kappa shape index (κ2) is 10.8. The van der Waals surface area contributed by atoms with Gasteiger partial charge in [0.05, 0.1) is 5.69 Å². The van der Waals surface area contributed by atoms with Gasteiger partial charge < -0.3 is 5.32 Å². The number of benzene rings is 2. The zero-order valence-corrected chi connectivity index (χ0v) is 19.0. The third-order valence-corrected chi connectivity index (χ3v) is 6.30. The Balaban J connectivity index is 1.54. The van der Waals surface area contributed by atoms with Crippen LogP contribution in [0.5, 0.6) is 0 Å². The second-order valence-corrected chi connectivity index (χ2v) is 8.62. The van der Waals surface area contributed by atoms with Crippen molar-refractivity contribution in [3.05, 3.63) is 113 Å². The number of dihydropyridines is 1. The molecule has 2 atom stereocenters. The Morgan fingerprint density at radius 1 is 0.938 bits per heavy atom. The SMILES string of the molecule is CCC(C)CC(CC=c1ccc(=C2C=CC=CN2)cc1)c1ccc(-c2ccccn2)cc1. The van der Waals surface area contributed by atoms with Gasteiger partial charge in [0.1, 0.15) is 0 Å². The Bertz CT molecular complexity index is 1160. The molecule has 2 unspecified atom stereocenters. The first-order chi connectivity index (χ1) is 15.7. The zero-order valence-electron chi connectivity index (χ0n) is 19.0. The molecule has 162 valence electrons. The van der Waals surface area contributed by atoms with Crippen molar-refractivity contribution in [1.82, 2.24) is 10.3 Å². The van der Waals surface area contributed by atoms with Gasteiger partial charge >= 0.3 is 0 Å². The molecule has 2 nitrogen and oxygen atoms in total. The van der Waals surface area contributed by atoms with E-state index in [-0.39, 0.29) is 0 Å². The smallest absolute Gasteiger partial charge is 0.0701 e. The van der Waals surface area contributed by atoms with Gasteiger partial charge in [0.2, 0.25) is 0 Å². The molecule has 0 spiro atoms. The highest BCUT2D eigenvalue weighted by molar-refractivity contribution is 5.59. The molecular formula is C30H32N2. The Morgan fingerprint density at radius 2 is 1.75 bits per heavy atom. The predicted octanol–water partition coefficient (Wildman–Crippen LogP) is 5.92. The molecule has 1 aliphatic rings. The Kier molecular flexibility index (Phi) is 7.34. The van der Waals surface area contributed by atoms with E-state index in [1.165, 1.54) is 34.4 Å². The number of hydrogen-bond acceptors (Lipinski definition) is 2. The standard InChI is InChI=1S/C30H32N2/c1-3-23(2)22-28(25-16-18-27(19-17-25)30-9-5-7-21-32-30)15-12-24-10-13-26(14-11-24)29-8-4-6-20-31-29/h4-14,16-21,23,28,31H,3,15,22H2,1-2H3. The highest BCUT2D eigenvalue weighted by Gasteiger charge is 2.14. The maximum atomic E-state index is 4.48. The summed E-state index contributed by atoms with van der Waals surface area (Å²) in [5.41, 5.74) is 4.76. The van der Waals surface area contributed by atoms with E-state index in [0.717, 1.165) is 17.8 Å². The van der Waals surface area contributed by atoms with Crippen LogP contribution in [-0.2, 0) is 0 Å². The van der Waals surface area contributed by atoms with Crippen molar-refractivity contribution in [2.24, 2.45) is 5.92 Å². The first-order valence-corrected chi connectivity index (χ1v) is 11.6. The molecule has 2 heteroatoms. The minimum atomic E-state index is 0.518. The van der Waals surface area contributed by atoms with Crippen LogP contribution < -0.4 is 15.8 Å². The van der Waals surface area contributed by atoms with Crippen LogP contribution in [0.2, 0.25) is 0 Å². The molecule has 0 fully saturated rings. The molecule has 0 saturated carbocycles. The largest absolute Gasteiger partial charge is 0.361 e. The minimum Gasteiger partial charge on any atom is -0.361 e. The van der Waals surface area contributed by atoms with E-state index >= 15 is 0 Å². The van der Waals surface area contributed by atoms with Gasteiger partial charge in [0.25, 0.3) is 0 Å². The van der Waals surface area contributed by atoms with Gasteiger partial charge in [0.15, 0.2) is 0 Å². The summed E-state index contributed by atoms with van der Waals surface area (Å²) in [5, 5.41) is 5.80. The lowest BCUT2D eigenvalue weighted by Gasteiger charge is -2.20. The van der Waals surface area contributed by atoms with E-state index in [2.05, 4.69) is 97.0 Å². The number of hydrogen-bond donors (Lipinski definition) is 1. The quantitative estimate of drug-likeness (QED) is 0.513. The molecule has 0 bridgehead atoms. The molecular weight excluding hydrogens is 388 g/mol. The summed E-state index contributed by atoms with van der Waals surface area (Å²) < 4.78 is 0. The number of nitrogens with zero attached hydrogens (tertiary/aromatic N) is 1. The maximum absolute atomic E-state index is 4.48. The van der Waals surface area contributed by atoms with E-state index in [4.69, 9.17) is 0 Å². The van der Waals surface area contributed by atoms with Crippen LogP contribution in [-0.4, -0.2) is 4.98 Å². The van der Waals surface area contributed by atoms with Crippen LogP contribution >= 0.6 is 0 Å². The van der Waals surface area contributed by atoms with Crippen LogP contribution in [0.1, 0.15) is 44.6 Å². The summed E-state index contributed by atoms with van der Waals surface area (Å²) in [7, 11) is 0. The fraction of sp³-hybridized carbons (Fsp3) is 0.233. The maximum Gasteiger partial charge on any atom is 0.0701 e. The third-order valence-electron chi connectivity index (χ3n) is 6.30. The molecule has 1 N–H and O–H groups in total. The van der Waals surface area contributed by atoms with Crippen molar-refractivity contribution in [2.75, 3.05) is 0 Å². The molecule has 3 aromatic rings. The van der Waals surface area contributed by atoms with Crippen LogP contribution in [0.25, 0.3) is 23.0 Å². The molecule has 0 saturated heterocycles. The van der Waals surface area contributed by atoms with Crippen molar-refractivity contribution in [3.8, 4) is 11.3 Å². The molecule has 4 rings (SSSR count). The van der Waals surface area contributed by atoms with Gasteiger partial charge in [-0.2, -0.15) is 0 Å². The van der Waals surface area contributed by atoms with Gasteiger partial charge in [-0.25, -0.2) is 0 Å². The second-order valence-electron chi connectivity index (χ2n) is 8.62. The summed E-state index contributed by atoms with van der Waals surface area (Å²) >= 11 is 0. The summed E-state index contributed by atoms with van der Waals surface area (Å²) in [5.74, 6) is 1.23. The fourth-order valence-corrected chi connectivity index (χ4v) is 4.13. The first-order valence-electron chi connectivity index (χ1n) is 11.6. The minimum absolute atomic E-state index is 0.518. The molecule has 0 amide bonds. The lowest BCUT2D eigenvalue weighted by Crippen LogP contribution is -2.17. The summed E-state index contributed by atoms with van der Waals surface area (Å²) in [6, 6.07) is 23.9. The summed E-state index contributed by atoms with van der Waals surface area (Å²) in [6.07, 6.45) is 15.8. The Morgan fingerprint density at radius 3 is 2.41 bits per heavy atom. The van der Waals surface area contributed by atoms with E-state index in [1.807, 2.05) is 30.6 Å². The van der Waals surface area contributed by atoms with Gasteiger partial charge in [0, 0.05) is 23.7 Å². The van der Waals surface area contributed by atoms with E-state index in [9.17, 15) is 0 Å². The van der Waals surface area contributed by atoms with E-state index in [1.54, 1.807) is 0 Å². The predicted molar refractivity (Wildman–Crippen MR) is 136 cm³/mol. The normalized spacial score (nSPS) is 14.6. The molecule has 0 aliphatic carbocycles. The lowest BCUT2D eigenvalue weighted by atomic mass is 9.85. The van der Waals surface area contributed by atoms with E-state index in [0.29, 0.717) is 11.8 Å². The van der Waals surface area contributed by atoms with E-state index < -0.39 is 0 Å². The number of aromatic nitrogens is 1. The molecule has 0 radical (unpaired) electrons. The van der Waals surface area contributed by atoms with Crippen molar-refractivity contribution in [3.63, 3.8) is 0 Å². The third kappa shape index (κ3) is 5.64. The Labute approximate surface area is 191 Å². The molecule has 2 aromatic carbocycles. The van der Waals surface area contributed by atoms with Gasteiger partial charge in [-0.1, -0.05) is 87.0 Å². The monoisotopic (exact) mass is 420 g/mol. The van der Waals surface area contributed by atoms with Crippen LogP contribution in [0.3, 0.4) is 0 Å². The number of allylic oxidation sites excluding steroid dienone is 2. The van der Waals surface area contributed by atoms with Crippen molar-refractivity contribution in [2.45, 2.75) is 39.0 Å². The summed E-state index contributed by atoms with van der Waals surface area (Å²) in [4.78, 5) is 4.48. The van der Waals surface area contributed by atoms with Crippen molar-refractivity contribution in [1.29, 1.82) is 0 Å². The average molecular weight is 421 g/mol. The lowest BCUT2D eigenvalue weighted by molar-refractivity contribution is 0.459. The fourth-order valence-electron chi connectivity index (χ4n) is 4.13. The first kappa shape index (κ1) is 21.8. The van der Waals surface area contributed by atoms with Gasteiger partial charge in [-0.15, -0.1) is 0 Å². The average Bonchev–Trinajstić information content (AvgIpc) is 2.88. The number of nitrogens with one attached hydrogen (secondary N) is 1. The number of pyridine rings is 1. The highest BCUT2D eigenvalue weighted by atomic mass is 14.8. The Hall–Kier alpha value is -3.39. The number of rotatable bonds is 7. The van der Waals surface area contributed by atoms with Crippen molar-refractivity contribution < 1.29 is 0 Å². The van der Waals surface area contributed by atoms with Gasteiger partial charge in [-0.05, 0) is 65.0 Å². The van der Waals surface area contributed by atoms with Crippen LogP contribution in [0.15, 0.2) is 97.4 Å². The summed E-state index contributed by atoms with van der Waals surface area (Å²) in [6.45, 7) is 4.65. The van der Waals surface area contributed by atoms with Crippen LogP contribution in [0, 0.1) is 5.92 Å². The molecule has 2 heterocycles. The zero-order chi connectivity index (χ0) is 22.2. The topological polar surface area (TPSA) is 24.9 Å².